The minimum absolute atomic E-state index is 0.0433. The number of ketones is 1. The second kappa shape index (κ2) is 7.56. The van der Waals surface area contributed by atoms with Crippen LogP contribution in [0.3, 0.4) is 0 Å². The summed E-state index contributed by atoms with van der Waals surface area (Å²) in [4.78, 5) is 17.1. The molecule has 2 aromatic carbocycles. The van der Waals surface area contributed by atoms with Gasteiger partial charge in [-0.1, -0.05) is 23.4 Å². The number of hydrogen-bond acceptors (Lipinski definition) is 6. The third kappa shape index (κ3) is 4.76. The van der Waals surface area contributed by atoms with E-state index < -0.39 is 10.0 Å². The fourth-order valence-corrected chi connectivity index (χ4v) is 5.29. The van der Waals surface area contributed by atoms with Crippen molar-refractivity contribution in [3.63, 3.8) is 0 Å². The Morgan fingerprint density at radius 2 is 1.92 bits per heavy atom. The Labute approximate surface area is 164 Å². The van der Waals surface area contributed by atoms with Crippen LogP contribution in [0.1, 0.15) is 17.3 Å². The SMILES string of the molecule is C[C@H](Sc1nc2cc(Cl)ccc2s1)C(=O)c1ccc(NS(C)(=O)=O)cc1. The molecule has 1 aromatic heterocycles. The van der Waals surface area contributed by atoms with Crippen LogP contribution in [0.2, 0.25) is 5.02 Å². The Morgan fingerprint density at radius 3 is 2.58 bits per heavy atom. The van der Waals surface area contributed by atoms with Crippen LogP contribution in [0.4, 0.5) is 5.69 Å². The molecule has 3 aromatic rings. The minimum Gasteiger partial charge on any atom is -0.293 e. The predicted molar refractivity (Wildman–Crippen MR) is 109 cm³/mol. The highest BCUT2D eigenvalue weighted by molar-refractivity contribution is 8.02. The second-order valence-corrected chi connectivity index (χ2v) is 10.5. The Hall–Kier alpha value is -1.61. The van der Waals surface area contributed by atoms with Gasteiger partial charge in [0.1, 0.15) is 0 Å². The molecular weight excluding hydrogens is 412 g/mol. The molecule has 26 heavy (non-hydrogen) atoms. The van der Waals surface area contributed by atoms with Crippen molar-refractivity contribution in [2.45, 2.75) is 16.5 Å². The molecule has 0 radical (unpaired) electrons. The molecule has 0 saturated heterocycles. The standard InChI is InChI=1S/C17H15ClN2O3S3/c1-10(24-17-19-14-9-12(18)5-8-15(14)25-17)16(21)11-3-6-13(7-4-11)20-26(2,22)23/h3-10,20H,1-2H3/t10-/m0/s1. The monoisotopic (exact) mass is 426 g/mol. The van der Waals surface area contributed by atoms with E-state index in [0.29, 0.717) is 16.3 Å². The molecule has 1 atom stereocenters. The largest absolute Gasteiger partial charge is 0.293 e. The number of Topliss-reactive ketones (excluding diaryl/α,β-unsaturated/α-hetero) is 1. The van der Waals surface area contributed by atoms with Crippen LogP contribution in [-0.2, 0) is 10.0 Å². The van der Waals surface area contributed by atoms with Gasteiger partial charge in [-0.2, -0.15) is 0 Å². The Balaban J connectivity index is 1.72. The van der Waals surface area contributed by atoms with Crippen LogP contribution in [0.25, 0.3) is 10.2 Å². The lowest BCUT2D eigenvalue weighted by molar-refractivity contribution is 0.0994. The number of sulfonamides is 1. The van der Waals surface area contributed by atoms with Gasteiger partial charge < -0.3 is 0 Å². The molecule has 0 saturated carbocycles. The Morgan fingerprint density at radius 1 is 1.23 bits per heavy atom. The van der Waals surface area contributed by atoms with Crippen molar-refractivity contribution < 1.29 is 13.2 Å². The molecule has 0 amide bonds. The van der Waals surface area contributed by atoms with E-state index >= 15 is 0 Å². The number of rotatable bonds is 6. The van der Waals surface area contributed by atoms with Gasteiger partial charge in [0.2, 0.25) is 10.0 Å². The molecular formula is C17H15ClN2O3S3. The predicted octanol–water partition coefficient (Wildman–Crippen LogP) is 4.68. The highest BCUT2D eigenvalue weighted by Crippen LogP contribution is 2.34. The van der Waals surface area contributed by atoms with E-state index in [1.807, 2.05) is 19.1 Å². The molecule has 1 N–H and O–H groups in total. The van der Waals surface area contributed by atoms with Crippen molar-refractivity contribution in [3.8, 4) is 0 Å². The number of halogens is 1. The van der Waals surface area contributed by atoms with E-state index in [-0.39, 0.29) is 11.0 Å². The first kappa shape index (κ1) is 19.2. The average molecular weight is 427 g/mol. The number of nitrogens with one attached hydrogen (secondary N) is 1. The fraction of sp³-hybridized carbons (Fsp3) is 0.176. The van der Waals surface area contributed by atoms with Crippen LogP contribution in [-0.4, -0.2) is 30.7 Å². The number of carbonyl (C=O) groups is 1. The molecule has 0 aliphatic rings. The number of hydrogen-bond donors (Lipinski definition) is 1. The Bertz CT molecular complexity index is 1060. The average Bonchev–Trinajstić information content (AvgIpc) is 2.94. The van der Waals surface area contributed by atoms with Crippen molar-refractivity contribution in [1.29, 1.82) is 0 Å². The zero-order chi connectivity index (χ0) is 18.9. The van der Waals surface area contributed by atoms with Gasteiger partial charge in [-0.15, -0.1) is 11.3 Å². The van der Waals surface area contributed by atoms with Gasteiger partial charge in [-0.3, -0.25) is 9.52 Å². The van der Waals surface area contributed by atoms with E-state index in [1.165, 1.54) is 23.1 Å². The maximum Gasteiger partial charge on any atom is 0.229 e. The minimum atomic E-state index is -3.34. The van der Waals surface area contributed by atoms with Gasteiger partial charge in [-0.05, 0) is 49.4 Å². The molecule has 3 rings (SSSR count). The van der Waals surface area contributed by atoms with E-state index in [4.69, 9.17) is 11.6 Å². The fourth-order valence-electron chi connectivity index (χ4n) is 2.29. The van der Waals surface area contributed by atoms with Crippen molar-refractivity contribution in [3.05, 3.63) is 53.1 Å². The Kier molecular flexibility index (Phi) is 5.57. The van der Waals surface area contributed by atoms with Crippen LogP contribution >= 0.6 is 34.7 Å². The molecule has 5 nitrogen and oxygen atoms in total. The number of thioether (sulfide) groups is 1. The van der Waals surface area contributed by atoms with Crippen molar-refractivity contribution in [2.75, 3.05) is 11.0 Å². The van der Waals surface area contributed by atoms with Crippen molar-refractivity contribution in [1.82, 2.24) is 4.98 Å². The summed E-state index contributed by atoms with van der Waals surface area (Å²) < 4.78 is 26.7. The molecule has 0 fully saturated rings. The summed E-state index contributed by atoms with van der Waals surface area (Å²) in [5.74, 6) is -0.0433. The summed E-state index contributed by atoms with van der Waals surface area (Å²) in [6.45, 7) is 1.83. The zero-order valence-corrected chi connectivity index (χ0v) is 17.1. The van der Waals surface area contributed by atoms with E-state index in [9.17, 15) is 13.2 Å². The van der Waals surface area contributed by atoms with Crippen molar-refractivity contribution >= 4 is 66.4 Å². The molecule has 0 aliphatic carbocycles. The molecule has 0 unspecified atom stereocenters. The summed E-state index contributed by atoms with van der Waals surface area (Å²) in [5.41, 5.74) is 1.77. The van der Waals surface area contributed by atoms with E-state index in [2.05, 4.69) is 9.71 Å². The van der Waals surface area contributed by atoms with Crippen molar-refractivity contribution in [2.24, 2.45) is 0 Å². The van der Waals surface area contributed by atoms with Crippen LogP contribution in [0.5, 0.6) is 0 Å². The van der Waals surface area contributed by atoms with E-state index in [0.717, 1.165) is 20.8 Å². The highest BCUT2D eigenvalue weighted by Gasteiger charge is 2.19. The van der Waals surface area contributed by atoms with E-state index in [1.54, 1.807) is 30.3 Å². The summed E-state index contributed by atoms with van der Waals surface area (Å²) in [5, 5.41) is 0.311. The lowest BCUT2D eigenvalue weighted by Gasteiger charge is -2.09. The lowest BCUT2D eigenvalue weighted by atomic mass is 10.1. The first-order valence-electron chi connectivity index (χ1n) is 7.56. The molecule has 0 aliphatic heterocycles. The van der Waals surface area contributed by atoms with Gasteiger partial charge in [0, 0.05) is 16.3 Å². The van der Waals surface area contributed by atoms with Gasteiger partial charge in [0.05, 0.1) is 21.7 Å². The lowest BCUT2D eigenvalue weighted by Crippen LogP contribution is -2.14. The number of anilines is 1. The number of carbonyl (C=O) groups excluding carboxylic acids is 1. The first-order chi connectivity index (χ1) is 12.2. The quantitative estimate of drug-likeness (QED) is 0.457. The van der Waals surface area contributed by atoms with Crippen LogP contribution in [0.15, 0.2) is 46.8 Å². The van der Waals surface area contributed by atoms with Gasteiger partial charge >= 0.3 is 0 Å². The highest BCUT2D eigenvalue weighted by atomic mass is 35.5. The first-order valence-corrected chi connectivity index (χ1v) is 11.5. The molecule has 1 heterocycles. The maximum atomic E-state index is 12.6. The number of benzene rings is 2. The maximum absolute atomic E-state index is 12.6. The third-order valence-corrected chi connectivity index (χ3v) is 6.52. The topological polar surface area (TPSA) is 76.1 Å². The summed E-state index contributed by atoms with van der Waals surface area (Å²) in [6, 6.07) is 11.9. The molecule has 9 heteroatoms. The van der Waals surface area contributed by atoms with Crippen LogP contribution < -0.4 is 4.72 Å². The molecule has 0 spiro atoms. The summed E-state index contributed by atoms with van der Waals surface area (Å²) in [6.07, 6.45) is 1.08. The van der Waals surface area contributed by atoms with Crippen LogP contribution in [0, 0.1) is 0 Å². The smallest absolute Gasteiger partial charge is 0.229 e. The zero-order valence-electron chi connectivity index (χ0n) is 13.9. The molecule has 0 bridgehead atoms. The van der Waals surface area contributed by atoms with Gasteiger partial charge in [0.25, 0.3) is 0 Å². The number of aromatic nitrogens is 1. The summed E-state index contributed by atoms with van der Waals surface area (Å²) >= 11 is 8.89. The second-order valence-electron chi connectivity index (χ2n) is 5.67. The molecule has 136 valence electrons. The number of thiazole rings is 1. The normalized spacial score (nSPS) is 12.9. The third-order valence-electron chi connectivity index (χ3n) is 3.45. The van der Waals surface area contributed by atoms with Gasteiger partial charge in [0.15, 0.2) is 10.1 Å². The summed E-state index contributed by atoms with van der Waals surface area (Å²) in [7, 11) is -3.34. The van der Waals surface area contributed by atoms with Gasteiger partial charge in [-0.25, -0.2) is 13.4 Å². The number of nitrogens with zero attached hydrogens (tertiary/aromatic N) is 1. The number of fused-ring (bicyclic) bond motifs is 1.